The average molecular weight is 252 g/mol. The molecule has 1 unspecified atom stereocenters. The van der Waals surface area contributed by atoms with Crippen LogP contribution >= 0.6 is 0 Å². The summed E-state index contributed by atoms with van der Waals surface area (Å²) in [5, 5.41) is 2.66. The molecule has 3 rings (SSSR count). The van der Waals surface area contributed by atoms with Gasteiger partial charge in [-0.15, -0.1) is 0 Å². The number of benzene rings is 2. The van der Waals surface area contributed by atoms with Gasteiger partial charge in [0.05, 0.1) is 0 Å². The lowest BCUT2D eigenvalue weighted by atomic mass is 9.85. The molecular weight excluding hydrogens is 232 g/mol. The molecule has 0 spiro atoms. The minimum atomic E-state index is 0.382. The van der Waals surface area contributed by atoms with Crippen molar-refractivity contribution in [2.24, 2.45) is 0 Å². The van der Waals surface area contributed by atoms with E-state index in [1.807, 2.05) is 0 Å². The van der Waals surface area contributed by atoms with Gasteiger partial charge in [0.25, 0.3) is 0 Å². The van der Waals surface area contributed by atoms with Crippen LogP contribution in [0.1, 0.15) is 49.3 Å². The first-order valence-electron chi connectivity index (χ1n) is 7.25. The molecular formula is C18H20O. The Morgan fingerprint density at radius 2 is 2.00 bits per heavy atom. The van der Waals surface area contributed by atoms with Gasteiger partial charge in [0, 0.05) is 12.8 Å². The van der Waals surface area contributed by atoms with E-state index in [2.05, 4.69) is 44.2 Å². The fourth-order valence-corrected chi connectivity index (χ4v) is 3.06. The zero-order valence-corrected chi connectivity index (χ0v) is 11.7. The van der Waals surface area contributed by atoms with Crippen LogP contribution in [0.5, 0.6) is 0 Å². The minimum absolute atomic E-state index is 0.382. The Balaban J connectivity index is 2.20. The molecule has 0 radical (unpaired) electrons. The molecule has 0 aromatic heterocycles. The molecule has 2 aromatic carbocycles. The number of carbonyl (C=O) groups is 1. The standard InChI is InChI=1S/C18H20O/c1-3-12(2)17-6-4-5-14-9-13-7-8-16(19)10-15(13)11-18(14)17/h4-6,9,11-12H,3,7-8,10H2,1-2H3. The van der Waals surface area contributed by atoms with Gasteiger partial charge in [-0.3, -0.25) is 4.79 Å². The maximum absolute atomic E-state index is 11.6. The van der Waals surface area contributed by atoms with E-state index in [1.54, 1.807) is 0 Å². The normalized spacial score (nSPS) is 16.4. The van der Waals surface area contributed by atoms with Crippen LogP contribution in [0.15, 0.2) is 30.3 Å². The second-order valence-corrected chi connectivity index (χ2v) is 5.71. The first kappa shape index (κ1) is 12.4. The van der Waals surface area contributed by atoms with Gasteiger partial charge in [-0.25, -0.2) is 0 Å². The number of fused-ring (bicyclic) bond motifs is 2. The predicted octanol–water partition coefficient (Wildman–Crippen LogP) is 4.41. The maximum atomic E-state index is 11.6. The van der Waals surface area contributed by atoms with E-state index in [1.165, 1.54) is 27.5 Å². The van der Waals surface area contributed by atoms with Crippen LogP contribution in [0.4, 0.5) is 0 Å². The lowest BCUT2D eigenvalue weighted by Gasteiger charge is -2.19. The number of Topliss-reactive ketones (excluding diaryl/α,β-unsaturated/α-hetero) is 1. The zero-order valence-electron chi connectivity index (χ0n) is 11.7. The fourth-order valence-electron chi connectivity index (χ4n) is 3.06. The Kier molecular flexibility index (Phi) is 3.14. The molecule has 1 nitrogen and oxygen atoms in total. The van der Waals surface area contributed by atoms with Crippen LogP contribution in [0.3, 0.4) is 0 Å². The molecule has 0 saturated carbocycles. The topological polar surface area (TPSA) is 17.1 Å². The van der Waals surface area contributed by atoms with E-state index in [-0.39, 0.29) is 0 Å². The van der Waals surface area contributed by atoms with Gasteiger partial charge in [0.2, 0.25) is 0 Å². The molecule has 1 heteroatoms. The van der Waals surface area contributed by atoms with Gasteiger partial charge in [0.15, 0.2) is 0 Å². The predicted molar refractivity (Wildman–Crippen MR) is 79.7 cm³/mol. The third kappa shape index (κ3) is 2.18. The highest BCUT2D eigenvalue weighted by Gasteiger charge is 2.17. The van der Waals surface area contributed by atoms with Crippen LogP contribution in [0, 0.1) is 0 Å². The van der Waals surface area contributed by atoms with E-state index in [9.17, 15) is 4.79 Å². The van der Waals surface area contributed by atoms with E-state index in [0.717, 1.165) is 12.8 Å². The van der Waals surface area contributed by atoms with E-state index < -0.39 is 0 Å². The van der Waals surface area contributed by atoms with Crippen molar-refractivity contribution in [2.45, 2.75) is 45.4 Å². The molecule has 19 heavy (non-hydrogen) atoms. The lowest BCUT2D eigenvalue weighted by Crippen LogP contribution is -2.13. The largest absolute Gasteiger partial charge is 0.299 e. The third-order valence-corrected chi connectivity index (χ3v) is 4.44. The van der Waals surface area contributed by atoms with Crippen molar-refractivity contribution in [3.05, 3.63) is 47.0 Å². The van der Waals surface area contributed by atoms with Crippen LogP contribution in [0.2, 0.25) is 0 Å². The summed E-state index contributed by atoms with van der Waals surface area (Å²) >= 11 is 0. The smallest absolute Gasteiger partial charge is 0.137 e. The fraction of sp³-hybridized carbons (Fsp3) is 0.389. The zero-order chi connectivity index (χ0) is 13.4. The summed E-state index contributed by atoms with van der Waals surface area (Å²) in [5.74, 6) is 0.953. The molecule has 0 bridgehead atoms. The second-order valence-electron chi connectivity index (χ2n) is 5.71. The van der Waals surface area contributed by atoms with Gasteiger partial charge in [0.1, 0.15) is 5.78 Å². The Morgan fingerprint density at radius 1 is 1.16 bits per heavy atom. The van der Waals surface area contributed by atoms with Crippen molar-refractivity contribution < 1.29 is 4.79 Å². The number of carbonyl (C=O) groups excluding carboxylic acids is 1. The molecule has 1 aliphatic rings. The molecule has 0 saturated heterocycles. The van der Waals surface area contributed by atoms with Gasteiger partial charge in [-0.05, 0) is 46.2 Å². The highest BCUT2D eigenvalue weighted by molar-refractivity contribution is 5.91. The number of ketones is 1. The molecule has 0 fully saturated rings. The molecule has 0 aliphatic heterocycles. The van der Waals surface area contributed by atoms with Gasteiger partial charge in [-0.2, -0.15) is 0 Å². The SMILES string of the molecule is CCC(C)c1cccc2cc3c(cc12)CC(=O)CC3. The monoisotopic (exact) mass is 252 g/mol. The van der Waals surface area contributed by atoms with Crippen LogP contribution in [-0.4, -0.2) is 5.78 Å². The summed E-state index contributed by atoms with van der Waals surface area (Å²) in [6, 6.07) is 11.1. The van der Waals surface area contributed by atoms with E-state index >= 15 is 0 Å². The molecule has 0 amide bonds. The average Bonchev–Trinajstić information content (AvgIpc) is 2.43. The third-order valence-electron chi connectivity index (χ3n) is 4.44. The van der Waals surface area contributed by atoms with Crippen LogP contribution in [0.25, 0.3) is 10.8 Å². The molecule has 0 N–H and O–H groups in total. The quantitative estimate of drug-likeness (QED) is 0.773. The maximum Gasteiger partial charge on any atom is 0.137 e. The molecule has 98 valence electrons. The lowest BCUT2D eigenvalue weighted by molar-refractivity contribution is -0.118. The molecule has 0 heterocycles. The summed E-state index contributed by atoms with van der Waals surface area (Å²) in [5.41, 5.74) is 4.04. The Bertz CT molecular complexity index is 639. The Labute approximate surface area is 114 Å². The van der Waals surface area contributed by atoms with Crippen LogP contribution in [-0.2, 0) is 17.6 Å². The second kappa shape index (κ2) is 4.80. The number of hydrogen-bond donors (Lipinski definition) is 0. The highest BCUT2D eigenvalue weighted by Crippen LogP contribution is 2.31. The van der Waals surface area contributed by atoms with E-state index in [0.29, 0.717) is 24.5 Å². The van der Waals surface area contributed by atoms with Crippen molar-refractivity contribution in [3.8, 4) is 0 Å². The van der Waals surface area contributed by atoms with Crippen LogP contribution < -0.4 is 0 Å². The molecule has 2 aromatic rings. The van der Waals surface area contributed by atoms with Crippen molar-refractivity contribution in [1.82, 2.24) is 0 Å². The van der Waals surface area contributed by atoms with Gasteiger partial charge in [-0.1, -0.05) is 44.2 Å². The Hall–Kier alpha value is -1.63. The van der Waals surface area contributed by atoms with E-state index in [4.69, 9.17) is 0 Å². The highest BCUT2D eigenvalue weighted by atomic mass is 16.1. The summed E-state index contributed by atoms with van der Waals surface area (Å²) < 4.78 is 0. The first-order valence-corrected chi connectivity index (χ1v) is 7.25. The van der Waals surface area contributed by atoms with Crippen molar-refractivity contribution in [3.63, 3.8) is 0 Å². The molecule has 1 atom stereocenters. The molecule has 1 aliphatic carbocycles. The number of hydrogen-bond acceptors (Lipinski definition) is 1. The van der Waals surface area contributed by atoms with Gasteiger partial charge < -0.3 is 0 Å². The summed E-state index contributed by atoms with van der Waals surface area (Å²) in [6.07, 6.45) is 3.40. The van der Waals surface area contributed by atoms with Crippen molar-refractivity contribution in [1.29, 1.82) is 0 Å². The number of aryl methyl sites for hydroxylation is 1. The summed E-state index contributed by atoms with van der Waals surface area (Å²) in [4.78, 5) is 11.6. The summed E-state index contributed by atoms with van der Waals surface area (Å²) in [7, 11) is 0. The summed E-state index contributed by atoms with van der Waals surface area (Å²) in [6.45, 7) is 4.50. The Morgan fingerprint density at radius 3 is 2.79 bits per heavy atom. The van der Waals surface area contributed by atoms with Gasteiger partial charge >= 0.3 is 0 Å². The number of rotatable bonds is 2. The first-order chi connectivity index (χ1) is 9.19. The van der Waals surface area contributed by atoms with Crippen molar-refractivity contribution in [2.75, 3.05) is 0 Å². The van der Waals surface area contributed by atoms with Crippen molar-refractivity contribution >= 4 is 16.6 Å². The minimum Gasteiger partial charge on any atom is -0.299 e.